The Bertz CT molecular complexity index is 1010. The lowest BCUT2D eigenvalue weighted by atomic mass is 10.2. The van der Waals surface area contributed by atoms with Crippen molar-refractivity contribution in [1.82, 2.24) is 34.9 Å². The van der Waals surface area contributed by atoms with Crippen LogP contribution < -0.4 is 21.1 Å². The van der Waals surface area contributed by atoms with Crippen LogP contribution in [0.4, 0.5) is 11.8 Å². The van der Waals surface area contributed by atoms with Crippen molar-refractivity contribution in [2.45, 2.75) is 32.9 Å². The van der Waals surface area contributed by atoms with Crippen molar-refractivity contribution in [1.29, 1.82) is 0 Å². The summed E-state index contributed by atoms with van der Waals surface area (Å²) in [5, 5.41) is 11.4. The Morgan fingerprint density at radius 1 is 1.23 bits per heavy atom. The van der Waals surface area contributed by atoms with Crippen molar-refractivity contribution >= 4 is 22.8 Å². The molecule has 166 valence electrons. The molecule has 10 heteroatoms. The van der Waals surface area contributed by atoms with Gasteiger partial charge in [0, 0.05) is 45.5 Å². The molecule has 4 rings (SSSR count). The van der Waals surface area contributed by atoms with Crippen LogP contribution >= 0.6 is 0 Å². The van der Waals surface area contributed by atoms with E-state index in [0.717, 1.165) is 69.1 Å². The number of aromatic nitrogens is 5. The predicted molar refractivity (Wildman–Crippen MR) is 121 cm³/mol. The number of methoxy groups -OCH3 is 1. The van der Waals surface area contributed by atoms with E-state index in [1.165, 1.54) is 0 Å². The van der Waals surface area contributed by atoms with Crippen molar-refractivity contribution in [3.63, 3.8) is 0 Å². The van der Waals surface area contributed by atoms with Crippen LogP contribution in [0.5, 0.6) is 5.75 Å². The number of nitrogens with one attached hydrogen (secondary N) is 2. The number of nitrogen functional groups attached to an aromatic ring is 1. The molecule has 1 fully saturated rings. The highest BCUT2D eigenvalue weighted by molar-refractivity contribution is 5.85. The topological polar surface area (TPSA) is 119 Å². The lowest BCUT2D eigenvalue weighted by Gasteiger charge is -2.27. The molecule has 0 unspecified atom stereocenters. The monoisotopic (exact) mass is 425 g/mol. The maximum atomic E-state index is 5.89. The molecule has 31 heavy (non-hydrogen) atoms. The van der Waals surface area contributed by atoms with Crippen molar-refractivity contribution in [3.05, 3.63) is 29.7 Å². The quantitative estimate of drug-likeness (QED) is 0.438. The van der Waals surface area contributed by atoms with Crippen LogP contribution in [-0.2, 0) is 13.1 Å². The first-order valence-corrected chi connectivity index (χ1v) is 10.9. The minimum Gasteiger partial charge on any atom is -0.495 e. The van der Waals surface area contributed by atoms with Crippen LogP contribution in [0.2, 0.25) is 0 Å². The Balaban J connectivity index is 1.53. The Morgan fingerprint density at radius 3 is 2.84 bits per heavy atom. The van der Waals surface area contributed by atoms with Crippen LogP contribution in [0.15, 0.2) is 18.5 Å². The molecule has 0 aliphatic carbocycles. The average molecular weight is 426 g/mol. The van der Waals surface area contributed by atoms with Crippen LogP contribution in [0.3, 0.4) is 0 Å². The van der Waals surface area contributed by atoms with Crippen molar-refractivity contribution in [2.24, 2.45) is 0 Å². The van der Waals surface area contributed by atoms with Crippen molar-refractivity contribution in [3.8, 4) is 5.75 Å². The zero-order chi connectivity index (χ0) is 21.6. The van der Waals surface area contributed by atoms with E-state index < -0.39 is 0 Å². The van der Waals surface area contributed by atoms with Gasteiger partial charge in [0.05, 0.1) is 19.9 Å². The van der Waals surface area contributed by atoms with Gasteiger partial charge in [-0.15, -0.1) is 0 Å². The van der Waals surface area contributed by atoms with E-state index in [1.807, 2.05) is 17.1 Å². The molecule has 1 aliphatic rings. The molecule has 3 aromatic rings. The third kappa shape index (κ3) is 5.20. The van der Waals surface area contributed by atoms with E-state index >= 15 is 0 Å². The van der Waals surface area contributed by atoms with E-state index in [0.29, 0.717) is 23.4 Å². The Labute approximate surface area is 182 Å². The fourth-order valence-corrected chi connectivity index (χ4v) is 3.74. The molecule has 0 aromatic carbocycles. The molecule has 0 spiro atoms. The molecule has 1 saturated heterocycles. The molecule has 0 saturated carbocycles. The van der Waals surface area contributed by atoms with Gasteiger partial charge in [0.25, 0.3) is 0 Å². The molecule has 10 nitrogen and oxygen atoms in total. The fraction of sp³-hybridized carbons (Fsp3) is 0.524. The molecule has 1 aliphatic heterocycles. The summed E-state index contributed by atoms with van der Waals surface area (Å²) in [5.41, 5.74) is 9.27. The number of nitrogens with two attached hydrogens (primary N) is 1. The number of pyridine rings is 1. The molecular weight excluding hydrogens is 394 g/mol. The van der Waals surface area contributed by atoms with Gasteiger partial charge in [0.2, 0.25) is 5.95 Å². The number of rotatable bonds is 9. The van der Waals surface area contributed by atoms with Gasteiger partial charge in [-0.05, 0) is 18.1 Å². The molecule has 0 radical (unpaired) electrons. The van der Waals surface area contributed by atoms with Gasteiger partial charge in [0.15, 0.2) is 11.3 Å². The van der Waals surface area contributed by atoms with Crippen LogP contribution in [0.1, 0.15) is 31.0 Å². The molecular formula is C21H31N9O. The third-order valence-corrected chi connectivity index (χ3v) is 5.39. The van der Waals surface area contributed by atoms with E-state index in [1.54, 1.807) is 7.11 Å². The van der Waals surface area contributed by atoms with Crippen molar-refractivity contribution < 1.29 is 4.74 Å². The standard InChI is InChI=1S/C21H31N9O/c1-3-4-5-24-20-19-17(26-21(22)27-20)14-30(28-19)13-16-18(31-2)10-15(11-25-16)12-29-8-6-23-7-9-29/h10-11,14,23H,3-9,12-13H2,1-2H3,(H3,22,24,26,27). The second kappa shape index (κ2) is 9.88. The first-order chi connectivity index (χ1) is 15.2. The highest BCUT2D eigenvalue weighted by Gasteiger charge is 2.15. The Morgan fingerprint density at radius 2 is 2.06 bits per heavy atom. The maximum Gasteiger partial charge on any atom is 0.222 e. The molecule has 0 amide bonds. The first-order valence-electron chi connectivity index (χ1n) is 10.9. The third-order valence-electron chi connectivity index (χ3n) is 5.39. The van der Waals surface area contributed by atoms with Crippen molar-refractivity contribution in [2.75, 3.05) is 50.9 Å². The second-order valence-corrected chi connectivity index (χ2v) is 7.79. The number of unbranched alkanes of at least 4 members (excludes halogenated alkanes) is 1. The average Bonchev–Trinajstić information content (AvgIpc) is 3.18. The number of fused-ring (bicyclic) bond motifs is 1. The Kier molecular flexibility index (Phi) is 6.78. The van der Waals surface area contributed by atoms with E-state index in [-0.39, 0.29) is 5.95 Å². The van der Waals surface area contributed by atoms with Gasteiger partial charge in [-0.2, -0.15) is 10.1 Å². The summed E-state index contributed by atoms with van der Waals surface area (Å²) < 4.78 is 7.45. The molecule has 4 heterocycles. The van der Waals surface area contributed by atoms with Gasteiger partial charge < -0.3 is 21.1 Å². The van der Waals surface area contributed by atoms with Gasteiger partial charge in [-0.1, -0.05) is 13.3 Å². The zero-order valence-corrected chi connectivity index (χ0v) is 18.3. The van der Waals surface area contributed by atoms with Gasteiger partial charge >= 0.3 is 0 Å². The number of anilines is 2. The van der Waals surface area contributed by atoms with E-state index in [4.69, 9.17) is 10.5 Å². The Hall–Kier alpha value is -2.98. The predicted octanol–water partition coefficient (Wildman–Crippen LogP) is 1.48. The lowest BCUT2D eigenvalue weighted by molar-refractivity contribution is 0.232. The largest absolute Gasteiger partial charge is 0.495 e. The summed E-state index contributed by atoms with van der Waals surface area (Å²) in [7, 11) is 1.68. The first kappa shape index (κ1) is 21.3. The smallest absolute Gasteiger partial charge is 0.222 e. The normalized spacial score (nSPS) is 14.8. The van der Waals surface area contributed by atoms with Gasteiger partial charge in [-0.25, -0.2) is 4.98 Å². The number of hydrogen-bond acceptors (Lipinski definition) is 9. The summed E-state index contributed by atoms with van der Waals surface area (Å²) >= 11 is 0. The minimum absolute atomic E-state index is 0.235. The SMILES string of the molecule is CCCCNc1nc(N)nc2cn(Cc3ncc(CN4CCNCC4)cc3OC)nc12. The summed E-state index contributed by atoms with van der Waals surface area (Å²) in [6, 6.07) is 2.07. The fourth-order valence-electron chi connectivity index (χ4n) is 3.74. The summed E-state index contributed by atoms with van der Waals surface area (Å²) in [5.74, 6) is 1.67. The van der Waals surface area contributed by atoms with Crippen LogP contribution in [0, 0.1) is 0 Å². The number of piperazine rings is 1. The lowest BCUT2D eigenvalue weighted by Crippen LogP contribution is -2.42. The number of hydrogen-bond donors (Lipinski definition) is 3. The molecule has 0 atom stereocenters. The molecule has 4 N–H and O–H groups in total. The second-order valence-electron chi connectivity index (χ2n) is 7.79. The number of nitrogens with zero attached hydrogens (tertiary/aromatic N) is 6. The molecule has 3 aromatic heterocycles. The minimum atomic E-state index is 0.235. The maximum absolute atomic E-state index is 5.89. The van der Waals surface area contributed by atoms with E-state index in [2.05, 4.69) is 48.6 Å². The highest BCUT2D eigenvalue weighted by Crippen LogP contribution is 2.23. The van der Waals surface area contributed by atoms with Gasteiger partial charge in [0.1, 0.15) is 17.0 Å². The van der Waals surface area contributed by atoms with E-state index in [9.17, 15) is 0 Å². The van der Waals surface area contributed by atoms with Crippen LogP contribution in [0.25, 0.3) is 11.0 Å². The summed E-state index contributed by atoms with van der Waals surface area (Å²) in [6.07, 6.45) is 5.95. The van der Waals surface area contributed by atoms with Crippen LogP contribution in [-0.4, -0.2) is 69.5 Å². The highest BCUT2D eigenvalue weighted by atomic mass is 16.5. The number of ether oxygens (including phenoxy) is 1. The zero-order valence-electron chi connectivity index (χ0n) is 18.3. The van der Waals surface area contributed by atoms with Gasteiger partial charge in [-0.3, -0.25) is 14.6 Å². The summed E-state index contributed by atoms with van der Waals surface area (Å²) in [6.45, 7) is 8.46. The molecule has 0 bridgehead atoms. The summed E-state index contributed by atoms with van der Waals surface area (Å²) in [4.78, 5) is 15.8.